The van der Waals surface area contributed by atoms with Gasteiger partial charge in [0.05, 0.1) is 0 Å². The van der Waals surface area contributed by atoms with Gasteiger partial charge in [-0.2, -0.15) is 0 Å². The van der Waals surface area contributed by atoms with Gasteiger partial charge >= 0.3 is 0 Å². The highest BCUT2D eigenvalue weighted by Crippen LogP contribution is 2.24. The van der Waals surface area contributed by atoms with Gasteiger partial charge in [-0.3, -0.25) is 4.90 Å². The lowest BCUT2D eigenvalue weighted by Crippen LogP contribution is -2.43. The molecule has 0 amide bonds. The van der Waals surface area contributed by atoms with Crippen molar-refractivity contribution in [1.29, 1.82) is 0 Å². The Balaban J connectivity index is 2.37. The van der Waals surface area contributed by atoms with Crippen molar-refractivity contribution in [1.82, 2.24) is 4.90 Å². The summed E-state index contributed by atoms with van der Waals surface area (Å²) in [6.45, 7) is 9.27. The van der Waals surface area contributed by atoms with Crippen molar-refractivity contribution < 1.29 is 0 Å². The van der Waals surface area contributed by atoms with E-state index in [2.05, 4.69) is 25.7 Å². The molecule has 0 spiro atoms. The van der Waals surface area contributed by atoms with Crippen molar-refractivity contribution in [2.75, 3.05) is 13.1 Å². The number of rotatable bonds is 9. The van der Waals surface area contributed by atoms with Crippen LogP contribution in [0.25, 0.3) is 0 Å². The Morgan fingerprint density at radius 2 is 1.83 bits per heavy atom. The lowest BCUT2D eigenvalue weighted by Gasteiger charge is -2.31. The molecule has 18 heavy (non-hydrogen) atoms. The Labute approximate surface area is 114 Å². The molecule has 0 bridgehead atoms. The van der Waals surface area contributed by atoms with Crippen LogP contribution in [0.15, 0.2) is 0 Å². The molecule has 108 valence electrons. The smallest absolute Gasteiger partial charge is 0.0167 e. The van der Waals surface area contributed by atoms with E-state index in [0.29, 0.717) is 6.04 Å². The van der Waals surface area contributed by atoms with Crippen molar-refractivity contribution in [2.45, 2.75) is 84.2 Å². The number of hydrogen-bond acceptors (Lipinski definition) is 2. The van der Waals surface area contributed by atoms with Crippen LogP contribution < -0.4 is 5.73 Å². The molecular weight excluding hydrogens is 220 g/mol. The summed E-state index contributed by atoms with van der Waals surface area (Å²) in [6.07, 6.45) is 10.7. The van der Waals surface area contributed by atoms with Crippen molar-refractivity contribution in [3.63, 3.8) is 0 Å². The molecule has 1 atom stereocenters. The van der Waals surface area contributed by atoms with Gasteiger partial charge in [0.2, 0.25) is 0 Å². The van der Waals surface area contributed by atoms with E-state index < -0.39 is 0 Å². The molecule has 1 fully saturated rings. The summed E-state index contributed by atoms with van der Waals surface area (Å²) in [5.41, 5.74) is 6.29. The molecule has 1 unspecified atom stereocenters. The van der Waals surface area contributed by atoms with Gasteiger partial charge in [0.15, 0.2) is 0 Å². The maximum Gasteiger partial charge on any atom is 0.0167 e. The van der Waals surface area contributed by atoms with Crippen LogP contribution in [-0.4, -0.2) is 30.1 Å². The van der Waals surface area contributed by atoms with Gasteiger partial charge in [0, 0.05) is 18.6 Å². The first-order valence-electron chi connectivity index (χ1n) is 8.13. The van der Waals surface area contributed by atoms with Crippen molar-refractivity contribution >= 4 is 0 Å². The first-order valence-corrected chi connectivity index (χ1v) is 8.13. The summed E-state index contributed by atoms with van der Waals surface area (Å²) in [5.74, 6) is 0.806. The molecule has 0 saturated heterocycles. The molecule has 1 aliphatic rings. The fourth-order valence-corrected chi connectivity index (χ4v) is 2.98. The van der Waals surface area contributed by atoms with E-state index in [-0.39, 0.29) is 0 Å². The molecular formula is C16H34N2. The van der Waals surface area contributed by atoms with Gasteiger partial charge in [0.25, 0.3) is 0 Å². The zero-order valence-electron chi connectivity index (χ0n) is 12.8. The number of hydrogen-bond donors (Lipinski definition) is 1. The summed E-state index contributed by atoms with van der Waals surface area (Å²) in [5, 5.41) is 0. The minimum absolute atomic E-state index is 0.387. The highest BCUT2D eigenvalue weighted by molar-refractivity contribution is 4.80. The second-order valence-corrected chi connectivity index (χ2v) is 6.52. The van der Waals surface area contributed by atoms with E-state index >= 15 is 0 Å². The average molecular weight is 254 g/mol. The molecule has 2 heteroatoms. The summed E-state index contributed by atoms with van der Waals surface area (Å²) < 4.78 is 0. The molecule has 2 N–H and O–H groups in total. The van der Waals surface area contributed by atoms with Gasteiger partial charge in [-0.1, -0.05) is 46.5 Å². The SMILES string of the molecule is CCCCC(N)CN(CCC(C)C)C1CCCC1. The van der Waals surface area contributed by atoms with Crippen LogP contribution in [0.5, 0.6) is 0 Å². The van der Waals surface area contributed by atoms with E-state index in [1.807, 2.05) is 0 Å². The predicted molar refractivity (Wildman–Crippen MR) is 80.8 cm³/mol. The van der Waals surface area contributed by atoms with Crippen LogP contribution in [0.4, 0.5) is 0 Å². The first-order chi connectivity index (χ1) is 8.63. The van der Waals surface area contributed by atoms with Gasteiger partial charge < -0.3 is 5.73 Å². The summed E-state index contributed by atoms with van der Waals surface area (Å²) in [7, 11) is 0. The second-order valence-electron chi connectivity index (χ2n) is 6.52. The minimum atomic E-state index is 0.387. The average Bonchev–Trinajstić information content (AvgIpc) is 2.85. The van der Waals surface area contributed by atoms with Gasteiger partial charge in [-0.15, -0.1) is 0 Å². The molecule has 1 rings (SSSR count). The first kappa shape index (κ1) is 16.0. The van der Waals surface area contributed by atoms with Crippen LogP contribution >= 0.6 is 0 Å². The quantitative estimate of drug-likeness (QED) is 0.678. The van der Waals surface area contributed by atoms with Crippen LogP contribution in [0, 0.1) is 5.92 Å². The summed E-state index contributed by atoms with van der Waals surface area (Å²) in [6, 6.07) is 1.22. The van der Waals surface area contributed by atoms with Gasteiger partial charge in [0.1, 0.15) is 0 Å². The van der Waals surface area contributed by atoms with Crippen molar-refractivity contribution in [3.05, 3.63) is 0 Å². The zero-order valence-corrected chi connectivity index (χ0v) is 12.8. The summed E-state index contributed by atoms with van der Waals surface area (Å²) in [4.78, 5) is 2.70. The van der Waals surface area contributed by atoms with Crippen LogP contribution in [0.1, 0.15) is 72.1 Å². The summed E-state index contributed by atoms with van der Waals surface area (Å²) >= 11 is 0. The third-order valence-electron chi connectivity index (χ3n) is 4.23. The molecule has 0 aliphatic heterocycles. The van der Waals surface area contributed by atoms with Crippen molar-refractivity contribution in [3.8, 4) is 0 Å². The normalized spacial score (nSPS) is 19.0. The fourth-order valence-electron chi connectivity index (χ4n) is 2.98. The molecule has 0 heterocycles. The third kappa shape index (κ3) is 6.19. The maximum atomic E-state index is 6.29. The molecule has 2 nitrogen and oxygen atoms in total. The topological polar surface area (TPSA) is 29.3 Å². The van der Waals surface area contributed by atoms with E-state index in [1.54, 1.807) is 0 Å². The Kier molecular flexibility index (Phi) is 7.92. The minimum Gasteiger partial charge on any atom is -0.327 e. The van der Waals surface area contributed by atoms with Crippen LogP contribution in [0.2, 0.25) is 0 Å². The monoisotopic (exact) mass is 254 g/mol. The van der Waals surface area contributed by atoms with Crippen LogP contribution in [-0.2, 0) is 0 Å². The third-order valence-corrected chi connectivity index (χ3v) is 4.23. The van der Waals surface area contributed by atoms with Gasteiger partial charge in [-0.05, 0) is 38.1 Å². The van der Waals surface area contributed by atoms with Gasteiger partial charge in [-0.25, -0.2) is 0 Å². The van der Waals surface area contributed by atoms with Crippen molar-refractivity contribution in [2.24, 2.45) is 11.7 Å². The zero-order chi connectivity index (χ0) is 13.4. The number of nitrogens with two attached hydrogens (primary N) is 1. The lowest BCUT2D eigenvalue weighted by molar-refractivity contribution is 0.174. The maximum absolute atomic E-state index is 6.29. The second kappa shape index (κ2) is 8.92. The molecule has 1 saturated carbocycles. The number of nitrogens with zero attached hydrogens (tertiary/aromatic N) is 1. The Morgan fingerprint density at radius 1 is 1.17 bits per heavy atom. The lowest BCUT2D eigenvalue weighted by atomic mass is 10.1. The van der Waals surface area contributed by atoms with E-state index in [4.69, 9.17) is 5.73 Å². The van der Waals surface area contributed by atoms with Crippen LogP contribution in [0.3, 0.4) is 0 Å². The number of unbranched alkanes of at least 4 members (excludes halogenated alkanes) is 1. The standard InChI is InChI=1S/C16H34N2/c1-4-5-8-15(17)13-18(12-11-14(2)3)16-9-6-7-10-16/h14-16H,4-13,17H2,1-3H3. The Hall–Kier alpha value is -0.0800. The van der Waals surface area contributed by atoms with E-state index in [0.717, 1.165) is 18.5 Å². The molecule has 0 aromatic rings. The largest absolute Gasteiger partial charge is 0.327 e. The molecule has 0 radical (unpaired) electrons. The molecule has 0 aromatic heterocycles. The highest BCUT2D eigenvalue weighted by Gasteiger charge is 2.23. The van der Waals surface area contributed by atoms with E-state index in [1.165, 1.54) is 57.9 Å². The molecule has 0 aromatic carbocycles. The highest BCUT2D eigenvalue weighted by atomic mass is 15.2. The Bertz CT molecular complexity index is 197. The Morgan fingerprint density at radius 3 is 2.39 bits per heavy atom. The predicted octanol–water partition coefficient (Wildman–Crippen LogP) is 3.79. The van der Waals surface area contributed by atoms with E-state index in [9.17, 15) is 0 Å². The molecule has 1 aliphatic carbocycles. The fraction of sp³-hybridized carbons (Fsp3) is 1.00.